The molecular weight excluding hydrogens is 194 g/mol. The quantitative estimate of drug-likeness (QED) is 0.635. The van der Waals surface area contributed by atoms with E-state index in [0.29, 0.717) is 11.3 Å². The molecule has 0 saturated carbocycles. The first kappa shape index (κ1) is 9.71. The number of hydrogen-bond donors (Lipinski definition) is 0. The van der Waals surface area contributed by atoms with E-state index in [1.165, 1.54) is 4.57 Å². The van der Waals surface area contributed by atoms with Crippen LogP contribution in [0.25, 0.3) is 12.2 Å². The molecular formula is C11H11NO3. The molecule has 0 saturated heterocycles. The van der Waals surface area contributed by atoms with E-state index in [2.05, 4.69) is 4.42 Å². The Kier molecular flexibility index (Phi) is 2.19. The number of hydrogen-bond acceptors (Lipinski definition) is 3. The number of aromatic nitrogens is 1. The molecule has 0 aromatic carbocycles. The molecule has 1 aliphatic carbocycles. The minimum Gasteiger partial charge on any atom is -0.372 e. The maximum absolute atomic E-state index is 11.4. The van der Waals surface area contributed by atoms with Crippen LogP contribution < -0.4 is 11.4 Å². The third-order valence-corrected chi connectivity index (χ3v) is 2.44. The maximum atomic E-state index is 11.4. The largest absolute Gasteiger partial charge is 0.422 e. The molecule has 1 heterocycles. The van der Waals surface area contributed by atoms with E-state index in [1.807, 2.05) is 19.1 Å². The van der Waals surface area contributed by atoms with Crippen molar-refractivity contribution in [2.24, 2.45) is 13.0 Å². The first-order valence-electron chi connectivity index (χ1n) is 4.70. The summed E-state index contributed by atoms with van der Waals surface area (Å²) in [6.45, 7) is 2.00. The van der Waals surface area contributed by atoms with Crippen LogP contribution in [-0.4, -0.2) is 4.57 Å². The van der Waals surface area contributed by atoms with Gasteiger partial charge in [-0.3, -0.25) is 4.57 Å². The molecule has 1 atom stereocenters. The molecule has 78 valence electrons. The fourth-order valence-electron chi connectivity index (χ4n) is 1.50. The van der Waals surface area contributed by atoms with Crippen molar-refractivity contribution in [2.75, 3.05) is 0 Å². The van der Waals surface area contributed by atoms with Gasteiger partial charge in [0, 0.05) is 7.05 Å². The normalized spacial score (nSPS) is 18.7. The standard InChI is InChI=1S/C11H11NO3/c1-7-3-5-8-9(6-4-7)12(2)11(14)15-10(8)13/h3-7H,1-2H3. The Labute approximate surface area is 86.2 Å². The SMILES string of the molecule is CC1C=Cc2c(n(C)c(=O)oc2=O)C=C1. The smallest absolute Gasteiger partial charge is 0.372 e. The topological polar surface area (TPSA) is 52.2 Å². The van der Waals surface area contributed by atoms with Gasteiger partial charge in [0.15, 0.2) is 0 Å². The third-order valence-electron chi connectivity index (χ3n) is 2.44. The van der Waals surface area contributed by atoms with Crippen LogP contribution in [0.1, 0.15) is 18.2 Å². The van der Waals surface area contributed by atoms with Gasteiger partial charge in [0.1, 0.15) is 0 Å². The van der Waals surface area contributed by atoms with E-state index in [4.69, 9.17) is 0 Å². The minimum atomic E-state index is -0.633. The summed E-state index contributed by atoms with van der Waals surface area (Å²) in [6, 6.07) is 0. The van der Waals surface area contributed by atoms with E-state index in [1.54, 1.807) is 19.2 Å². The fraction of sp³-hybridized carbons (Fsp3) is 0.273. The van der Waals surface area contributed by atoms with E-state index in [0.717, 1.165) is 0 Å². The highest BCUT2D eigenvalue weighted by Crippen LogP contribution is 2.14. The van der Waals surface area contributed by atoms with Crippen molar-refractivity contribution < 1.29 is 4.42 Å². The van der Waals surface area contributed by atoms with E-state index in [9.17, 15) is 9.59 Å². The summed E-state index contributed by atoms with van der Waals surface area (Å²) < 4.78 is 5.89. The molecule has 0 fully saturated rings. The summed E-state index contributed by atoms with van der Waals surface area (Å²) >= 11 is 0. The number of nitrogens with zero attached hydrogens (tertiary/aromatic N) is 1. The van der Waals surface area contributed by atoms with Gasteiger partial charge in [-0.2, -0.15) is 0 Å². The lowest BCUT2D eigenvalue weighted by Crippen LogP contribution is -2.26. The van der Waals surface area contributed by atoms with Crippen molar-refractivity contribution in [3.8, 4) is 0 Å². The van der Waals surface area contributed by atoms with E-state index in [-0.39, 0.29) is 5.92 Å². The Morgan fingerprint density at radius 2 is 1.93 bits per heavy atom. The van der Waals surface area contributed by atoms with Crippen molar-refractivity contribution in [3.05, 3.63) is 44.4 Å². The maximum Gasteiger partial charge on any atom is 0.422 e. The second kappa shape index (κ2) is 3.38. The summed E-state index contributed by atoms with van der Waals surface area (Å²) in [6.07, 6.45) is 7.30. The number of rotatable bonds is 0. The van der Waals surface area contributed by atoms with Crippen LogP contribution in [0.3, 0.4) is 0 Å². The van der Waals surface area contributed by atoms with Crippen LogP contribution in [-0.2, 0) is 7.05 Å². The summed E-state index contributed by atoms with van der Waals surface area (Å²) in [7, 11) is 1.58. The lowest BCUT2D eigenvalue weighted by Gasteiger charge is -2.03. The van der Waals surface area contributed by atoms with Gasteiger partial charge in [0.05, 0.1) is 11.3 Å². The lowest BCUT2D eigenvalue weighted by molar-refractivity contribution is 0.416. The zero-order chi connectivity index (χ0) is 11.0. The molecule has 15 heavy (non-hydrogen) atoms. The zero-order valence-corrected chi connectivity index (χ0v) is 8.56. The molecule has 1 unspecified atom stereocenters. The number of allylic oxidation sites excluding steroid dienone is 2. The van der Waals surface area contributed by atoms with E-state index < -0.39 is 11.4 Å². The summed E-state index contributed by atoms with van der Waals surface area (Å²) in [5.74, 6) is -0.391. The van der Waals surface area contributed by atoms with Crippen molar-refractivity contribution in [1.29, 1.82) is 0 Å². The van der Waals surface area contributed by atoms with Crippen molar-refractivity contribution in [1.82, 2.24) is 4.57 Å². The zero-order valence-electron chi connectivity index (χ0n) is 8.56. The van der Waals surface area contributed by atoms with Gasteiger partial charge >= 0.3 is 11.4 Å². The predicted octanol–water partition coefficient (Wildman–Crippen LogP) is 1.01. The summed E-state index contributed by atoms with van der Waals surface area (Å²) in [5, 5.41) is 0. The van der Waals surface area contributed by atoms with Gasteiger partial charge < -0.3 is 4.42 Å². The van der Waals surface area contributed by atoms with Gasteiger partial charge in [0.2, 0.25) is 0 Å². The van der Waals surface area contributed by atoms with Crippen molar-refractivity contribution >= 4 is 12.2 Å². The lowest BCUT2D eigenvalue weighted by atomic mass is 10.2. The van der Waals surface area contributed by atoms with Gasteiger partial charge in [-0.05, 0) is 18.1 Å². The Morgan fingerprint density at radius 3 is 2.67 bits per heavy atom. The van der Waals surface area contributed by atoms with Gasteiger partial charge in [0.25, 0.3) is 0 Å². The Morgan fingerprint density at radius 1 is 1.27 bits per heavy atom. The van der Waals surface area contributed by atoms with Crippen LogP contribution in [0.5, 0.6) is 0 Å². The molecule has 0 radical (unpaired) electrons. The molecule has 0 bridgehead atoms. The third kappa shape index (κ3) is 1.58. The molecule has 1 aromatic rings. The molecule has 2 rings (SSSR count). The monoisotopic (exact) mass is 205 g/mol. The Bertz CT molecular complexity index is 560. The average Bonchev–Trinajstić information content (AvgIpc) is 2.38. The van der Waals surface area contributed by atoms with Crippen molar-refractivity contribution in [2.45, 2.75) is 6.92 Å². The molecule has 0 spiro atoms. The van der Waals surface area contributed by atoms with Crippen molar-refractivity contribution in [3.63, 3.8) is 0 Å². The van der Waals surface area contributed by atoms with Gasteiger partial charge in [-0.25, -0.2) is 9.59 Å². The van der Waals surface area contributed by atoms with Crippen LogP contribution in [0.4, 0.5) is 0 Å². The van der Waals surface area contributed by atoms with Crippen LogP contribution in [0.15, 0.2) is 26.2 Å². The second-order valence-electron chi connectivity index (χ2n) is 3.59. The highest BCUT2D eigenvalue weighted by atomic mass is 16.4. The molecule has 0 amide bonds. The summed E-state index contributed by atoms with van der Waals surface area (Å²) in [4.78, 5) is 22.7. The molecule has 0 aliphatic heterocycles. The van der Waals surface area contributed by atoms with E-state index >= 15 is 0 Å². The Hall–Kier alpha value is -1.84. The van der Waals surface area contributed by atoms with Crippen LogP contribution >= 0.6 is 0 Å². The second-order valence-corrected chi connectivity index (χ2v) is 3.59. The van der Waals surface area contributed by atoms with Crippen LogP contribution in [0, 0.1) is 5.92 Å². The highest BCUT2D eigenvalue weighted by molar-refractivity contribution is 5.64. The summed E-state index contributed by atoms with van der Waals surface area (Å²) in [5.41, 5.74) is 0.442. The average molecular weight is 205 g/mol. The first-order chi connectivity index (χ1) is 7.09. The first-order valence-corrected chi connectivity index (χ1v) is 4.70. The predicted molar refractivity (Wildman–Crippen MR) is 57.5 cm³/mol. The minimum absolute atomic E-state index is 0.243. The van der Waals surface area contributed by atoms with Gasteiger partial charge in [-0.1, -0.05) is 19.1 Å². The molecule has 0 N–H and O–H groups in total. The molecule has 4 heteroatoms. The molecule has 1 aliphatic rings. The highest BCUT2D eigenvalue weighted by Gasteiger charge is 2.12. The molecule has 4 nitrogen and oxygen atoms in total. The van der Waals surface area contributed by atoms with Crippen LogP contribution in [0.2, 0.25) is 0 Å². The Balaban J connectivity index is 2.84. The molecule has 1 aromatic heterocycles. The van der Waals surface area contributed by atoms with Gasteiger partial charge in [-0.15, -0.1) is 0 Å². The number of fused-ring (bicyclic) bond motifs is 1. The fourth-order valence-corrected chi connectivity index (χ4v) is 1.50.